The van der Waals surface area contributed by atoms with E-state index in [1.807, 2.05) is 0 Å². The van der Waals surface area contributed by atoms with Crippen LogP contribution in [-0.4, -0.2) is 14.5 Å². The molecule has 246 valence electrons. The Morgan fingerprint density at radius 1 is 0.491 bits per heavy atom. The molecule has 0 radical (unpaired) electrons. The Labute approximate surface area is 306 Å². The summed E-state index contributed by atoms with van der Waals surface area (Å²) in [6.07, 6.45) is 0. The third-order valence-corrected chi connectivity index (χ3v) is 12.0. The highest BCUT2D eigenvalue weighted by atomic mass is 32.1. The predicted octanol–water partition coefficient (Wildman–Crippen LogP) is 13.5. The van der Waals surface area contributed by atoms with Gasteiger partial charge in [0.25, 0.3) is 0 Å². The molecule has 0 saturated carbocycles. The van der Waals surface area contributed by atoms with Gasteiger partial charge in [0.05, 0.1) is 26.9 Å². The number of nitrogens with zero attached hydrogens (tertiary/aromatic N) is 3. The first-order chi connectivity index (χ1) is 26.3. The SMILES string of the molecule is c1ccc(-c2nc(-n3c4ccc5ccccc5c4c4cccc(-c5cccc6c5oc5ccc7ccccc7c56)c43)nc3c2sc2ccccc23)cc1. The average Bonchev–Trinajstić information content (AvgIpc) is 3.91. The van der Waals surface area contributed by atoms with Gasteiger partial charge in [0, 0.05) is 48.3 Å². The molecule has 53 heavy (non-hydrogen) atoms. The molecule has 5 heteroatoms. The lowest BCUT2D eigenvalue weighted by molar-refractivity contribution is 0.670. The fraction of sp³-hybridized carbons (Fsp3) is 0. The summed E-state index contributed by atoms with van der Waals surface area (Å²) >= 11 is 1.76. The zero-order valence-corrected chi connectivity index (χ0v) is 29.1. The van der Waals surface area contributed by atoms with Gasteiger partial charge in [0.2, 0.25) is 5.95 Å². The molecule has 0 spiro atoms. The summed E-state index contributed by atoms with van der Waals surface area (Å²) in [7, 11) is 0. The van der Waals surface area contributed by atoms with Crippen molar-refractivity contribution in [3.63, 3.8) is 0 Å². The Kier molecular flexibility index (Phi) is 5.90. The van der Waals surface area contributed by atoms with Gasteiger partial charge < -0.3 is 4.42 Å². The minimum Gasteiger partial charge on any atom is -0.455 e. The number of thiophene rings is 1. The van der Waals surface area contributed by atoms with Gasteiger partial charge in [-0.15, -0.1) is 11.3 Å². The maximum absolute atomic E-state index is 6.82. The molecule has 0 saturated heterocycles. The van der Waals surface area contributed by atoms with E-state index in [4.69, 9.17) is 14.4 Å². The highest BCUT2D eigenvalue weighted by molar-refractivity contribution is 7.26. The van der Waals surface area contributed by atoms with E-state index in [-0.39, 0.29) is 0 Å². The molecule has 12 aromatic rings. The molecule has 0 bridgehead atoms. The largest absolute Gasteiger partial charge is 0.455 e. The Morgan fingerprint density at radius 2 is 1.15 bits per heavy atom. The fourth-order valence-electron chi connectivity index (χ4n) is 8.51. The molecule has 12 rings (SSSR count). The lowest BCUT2D eigenvalue weighted by atomic mass is 9.97. The van der Waals surface area contributed by atoms with Crippen molar-refractivity contribution >= 4 is 96.9 Å². The van der Waals surface area contributed by atoms with Crippen molar-refractivity contribution in [2.45, 2.75) is 0 Å². The van der Waals surface area contributed by atoms with Gasteiger partial charge in [-0.25, -0.2) is 9.97 Å². The van der Waals surface area contributed by atoms with Gasteiger partial charge in [-0.3, -0.25) is 4.57 Å². The van der Waals surface area contributed by atoms with E-state index in [0.29, 0.717) is 5.95 Å². The first kappa shape index (κ1) is 28.8. The summed E-state index contributed by atoms with van der Waals surface area (Å²) in [5, 5.41) is 10.5. The van der Waals surface area contributed by atoms with Crippen molar-refractivity contribution in [3.05, 3.63) is 164 Å². The second kappa shape index (κ2) is 10.8. The topological polar surface area (TPSA) is 43.9 Å². The number of benzene rings is 8. The van der Waals surface area contributed by atoms with Crippen LogP contribution >= 0.6 is 11.3 Å². The molecule has 0 atom stereocenters. The number of para-hydroxylation sites is 2. The van der Waals surface area contributed by atoms with Gasteiger partial charge in [-0.1, -0.05) is 146 Å². The first-order valence-electron chi connectivity index (χ1n) is 17.8. The van der Waals surface area contributed by atoms with Crippen molar-refractivity contribution < 1.29 is 4.42 Å². The zero-order valence-electron chi connectivity index (χ0n) is 28.2. The van der Waals surface area contributed by atoms with Gasteiger partial charge in [-0.05, 0) is 39.7 Å². The van der Waals surface area contributed by atoms with E-state index in [0.717, 1.165) is 76.3 Å². The summed E-state index contributed by atoms with van der Waals surface area (Å²) in [6.45, 7) is 0. The third-order valence-electron chi connectivity index (χ3n) is 10.8. The molecule has 0 fully saturated rings. The van der Waals surface area contributed by atoms with Gasteiger partial charge in [0.1, 0.15) is 11.2 Å². The molecule has 0 unspecified atom stereocenters. The van der Waals surface area contributed by atoms with E-state index in [1.165, 1.54) is 31.6 Å². The summed E-state index contributed by atoms with van der Waals surface area (Å²) < 4.78 is 11.4. The molecule has 0 aliphatic carbocycles. The number of rotatable bonds is 3. The van der Waals surface area contributed by atoms with Crippen LogP contribution < -0.4 is 0 Å². The van der Waals surface area contributed by atoms with Crippen molar-refractivity contribution in [1.82, 2.24) is 14.5 Å². The molecular formula is C48H27N3OS. The minimum atomic E-state index is 0.644. The van der Waals surface area contributed by atoms with Crippen LogP contribution in [0.5, 0.6) is 0 Å². The highest BCUT2D eigenvalue weighted by Gasteiger charge is 2.24. The third kappa shape index (κ3) is 4.05. The maximum atomic E-state index is 6.82. The van der Waals surface area contributed by atoms with Crippen molar-refractivity contribution in [3.8, 4) is 28.3 Å². The smallest absolute Gasteiger partial charge is 0.235 e. The Bertz CT molecular complexity index is 3460. The monoisotopic (exact) mass is 693 g/mol. The van der Waals surface area contributed by atoms with Crippen molar-refractivity contribution in [2.75, 3.05) is 0 Å². The lowest BCUT2D eigenvalue weighted by Gasteiger charge is -2.13. The molecule has 4 nitrogen and oxygen atoms in total. The molecular weight excluding hydrogens is 667 g/mol. The second-order valence-electron chi connectivity index (χ2n) is 13.7. The first-order valence-corrected chi connectivity index (χ1v) is 18.7. The zero-order chi connectivity index (χ0) is 34.6. The number of furan rings is 1. The van der Waals surface area contributed by atoms with Crippen LogP contribution in [0, 0.1) is 0 Å². The summed E-state index contributed by atoms with van der Waals surface area (Å²) in [5.74, 6) is 0.644. The number of aromatic nitrogens is 3. The Morgan fingerprint density at radius 3 is 1.98 bits per heavy atom. The van der Waals surface area contributed by atoms with Crippen LogP contribution in [0.4, 0.5) is 0 Å². The Balaban J connectivity index is 1.25. The molecule has 0 aliphatic heterocycles. The van der Waals surface area contributed by atoms with Crippen LogP contribution in [0.3, 0.4) is 0 Å². The minimum absolute atomic E-state index is 0.644. The van der Waals surface area contributed by atoms with Crippen LogP contribution in [0.15, 0.2) is 168 Å². The van der Waals surface area contributed by atoms with E-state index in [2.05, 4.69) is 168 Å². The van der Waals surface area contributed by atoms with Crippen LogP contribution in [0.2, 0.25) is 0 Å². The standard InChI is InChI=1S/C48H27N3OS/c1-2-14-30(15-3-1)43-47-44(35-18-8-9-23-40(35)53-47)50-48(49-43)51-38-26-24-28-12-4-6-16-31(28)41(38)36-21-10-19-33(45(36)51)34-20-11-22-37-42-32-17-7-5-13-29(32)25-27-39(42)52-46(34)37/h1-27H. The molecule has 0 amide bonds. The van der Waals surface area contributed by atoms with Crippen LogP contribution in [-0.2, 0) is 0 Å². The lowest BCUT2D eigenvalue weighted by Crippen LogP contribution is -2.03. The van der Waals surface area contributed by atoms with Gasteiger partial charge in [0.15, 0.2) is 0 Å². The van der Waals surface area contributed by atoms with E-state index < -0.39 is 0 Å². The van der Waals surface area contributed by atoms with E-state index >= 15 is 0 Å². The van der Waals surface area contributed by atoms with Crippen LogP contribution in [0.1, 0.15) is 0 Å². The number of hydrogen-bond donors (Lipinski definition) is 0. The summed E-state index contributed by atoms with van der Waals surface area (Å²) in [5.41, 5.74) is 8.94. The summed E-state index contributed by atoms with van der Waals surface area (Å²) in [4.78, 5) is 11.0. The van der Waals surface area contributed by atoms with Crippen molar-refractivity contribution in [1.29, 1.82) is 0 Å². The normalized spacial score (nSPS) is 12.2. The van der Waals surface area contributed by atoms with Gasteiger partial charge >= 0.3 is 0 Å². The second-order valence-corrected chi connectivity index (χ2v) is 14.7. The molecule has 0 N–H and O–H groups in total. The summed E-state index contributed by atoms with van der Waals surface area (Å²) in [6, 6.07) is 58.1. The number of hydrogen-bond acceptors (Lipinski definition) is 4. The van der Waals surface area contributed by atoms with E-state index in [9.17, 15) is 0 Å². The average molecular weight is 694 g/mol. The highest BCUT2D eigenvalue weighted by Crippen LogP contribution is 2.46. The van der Waals surface area contributed by atoms with E-state index in [1.54, 1.807) is 11.3 Å². The molecule has 4 aromatic heterocycles. The van der Waals surface area contributed by atoms with Crippen LogP contribution in [0.25, 0.3) is 114 Å². The quantitative estimate of drug-likeness (QED) is 0.185. The van der Waals surface area contributed by atoms with Crippen molar-refractivity contribution in [2.24, 2.45) is 0 Å². The molecule has 0 aliphatic rings. The Hall–Kier alpha value is -6.82. The fourth-order valence-corrected chi connectivity index (χ4v) is 9.67. The number of fused-ring (bicyclic) bond motifs is 13. The molecule has 8 aromatic carbocycles. The maximum Gasteiger partial charge on any atom is 0.235 e. The predicted molar refractivity (Wildman–Crippen MR) is 222 cm³/mol. The molecule has 4 heterocycles. The van der Waals surface area contributed by atoms with Gasteiger partial charge in [-0.2, -0.15) is 0 Å².